The normalized spacial score (nSPS) is 10.4. The molecule has 2 rings (SSSR count). The van der Waals surface area contributed by atoms with E-state index in [1.54, 1.807) is 18.3 Å². The fourth-order valence-corrected chi connectivity index (χ4v) is 1.41. The molecule has 0 aliphatic carbocycles. The van der Waals surface area contributed by atoms with Crippen LogP contribution in [0.15, 0.2) is 18.3 Å². The van der Waals surface area contributed by atoms with Gasteiger partial charge in [-0.1, -0.05) is 0 Å². The third-order valence-corrected chi connectivity index (χ3v) is 2.07. The molecule has 1 N–H and O–H groups in total. The second-order valence-electron chi connectivity index (χ2n) is 3.47. The van der Waals surface area contributed by atoms with Crippen molar-refractivity contribution in [1.29, 1.82) is 0 Å². The van der Waals surface area contributed by atoms with Crippen molar-refractivity contribution < 1.29 is 5.11 Å². The highest BCUT2D eigenvalue weighted by molar-refractivity contribution is 5.48. The van der Waals surface area contributed by atoms with Gasteiger partial charge in [-0.3, -0.25) is 0 Å². The van der Waals surface area contributed by atoms with Gasteiger partial charge in [0.05, 0.1) is 12.3 Å². The predicted molar refractivity (Wildman–Crippen MR) is 58.5 cm³/mol. The van der Waals surface area contributed by atoms with Gasteiger partial charge in [0.2, 0.25) is 0 Å². The Kier molecular flexibility index (Phi) is 2.87. The second kappa shape index (κ2) is 4.32. The summed E-state index contributed by atoms with van der Waals surface area (Å²) in [5.74, 6) is 1.20. The number of nitrogens with zero attached hydrogens (tertiary/aromatic N) is 4. The lowest BCUT2D eigenvalue weighted by molar-refractivity contribution is 0.276. The summed E-state index contributed by atoms with van der Waals surface area (Å²) in [7, 11) is 0. The maximum absolute atomic E-state index is 9.06. The summed E-state index contributed by atoms with van der Waals surface area (Å²) >= 11 is 0. The maximum atomic E-state index is 9.06. The molecule has 0 atom stereocenters. The van der Waals surface area contributed by atoms with Crippen LogP contribution in [-0.4, -0.2) is 25.0 Å². The molecule has 0 aliphatic heterocycles. The lowest BCUT2D eigenvalue weighted by Gasteiger charge is -2.03. The third-order valence-electron chi connectivity index (χ3n) is 2.07. The monoisotopic (exact) mass is 216 g/mol. The SMILES string of the molecule is Cc1cc(CO)nc(-c2ccnc(C)n2)n1. The average molecular weight is 216 g/mol. The van der Waals surface area contributed by atoms with E-state index in [1.807, 2.05) is 13.8 Å². The molecule has 2 aromatic rings. The highest BCUT2D eigenvalue weighted by Gasteiger charge is 2.06. The number of rotatable bonds is 2. The number of hydrogen-bond acceptors (Lipinski definition) is 5. The van der Waals surface area contributed by atoms with Crippen LogP contribution in [0.4, 0.5) is 0 Å². The molecule has 82 valence electrons. The molecule has 5 heteroatoms. The summed E-state index contributed by atoms with van der Waals surface area (Å²) in [4.78, 5) is 16.7. The van der Waals surface area contributed by atoms with Gasteiger partial charge < -0.3 is 5.11 Å². The topological polar surface area (TPSA) is 71.8 Å². The summed E-state index contributed by atoms with van der Waals surface area (Å²) in [6, 6.07) is 3.50. The zero-order valence-electron chi connectivity index (χ0n) is 9.18. The molecule has 0 amide bonds. The summed E-state index contributed by atoms with van der Waals surface area (Å²) in [5.41, 5.74) is 2.08. The van der Waals surface area contributed by atoms with E-state index in [1.165, 1.54) is 0 Å². The maximum Gasteiger partial charge on any atom is 0.178 e. The number of aryl methyl sites for hydroxylation is 2. The van der Waals surface area contributed by atoms with E-state index < -0.39 is 0 Å². The summed E-state index contributed by atoms with van der Waals surface area (Å²) in [6.45, 7) is 3.57. The number of aromatic nitrogens is 4. The van der Waals surface area contributed by atoms with Crippen molar-refractivity contribution in [1.82, 2.24) is 19.9 Å². The van der Waals surface area contributed by atoms with Crippen molar-refractivity contribution in [2.75, 3.05) is 0 Å². The predicted octanol–water partition coefficient (Wildman–Crippen LogP) is 1.04. The van der Waals surface area contributed by atoms with Gasteiger partial charge in [-0.2, -0.15) is 0 Å². The molecule has 16 heavy (non-hydrogen) atoms. The Balaban J connectivity index is 2.51. The van der Waals surface area contributed by atoms with Gasteiger partial charge in [0.25, 0.3) is 0 Å². The third kappa shape index (κ3) is 2.20. The van der Waals surface area contributed by atoms with E-state index in [0.29, 0.717) is 23.0 Å². The van der Waals surface area contributed by atoms with Gasteiger partial charge in [0, 0.05) is 11.9 Å². The molecule has 5 nitrogen and oxygen atoms in total. The number of aliphatic hydroxyl groups is 1. The van der Waals surface area contributed by atoms with Crippen molar-refractivity contribution in [3.63, 3.8) is 0 Å². The van der Waals surface area contributed by atoms with Crippen LogP contribution in [0.1, 0.15) is 17.2 Å². The van der Waals surface area contributed by atoms with E-state index in [-0.39, 0.29) is 6.61 Å². The lowest BCUT2D eigenvalue weighted by atomic mass is 10.3. The standard InChI is InChI=1S/C11H12N4O/c1-7-5-9(6-16)15-11(13-7)10-3-4-12-8(2)14-10/h3-5,16H,6H2,1-2H3. The summed E-state index contributed by atoms with van der Waals surface area (Å²) < 4.78 is 0. The van der Waals surface area contributed by atoms with Crippen molar-refractivity contribution in [2.24, 2.45) is 0 Å². The fourth-order valence-electron chi connectivity index (χ4n) is 1.41. The van der Waals surface area contributed by atoms with Crippen molar-refractivity contribution >= 4 is 0 Å². The fraction of sp³-hybridized carbons (Fsp3) is 0.273. The molecule has 0 radical (unpaired) electrons. The minimum absolute atomic E-state index is 0.0968. The summed E-state index contributed by atoms with van der Waals surface area (Å²) in [5, 5.41) is 9.06. The number of aliphatic hydroxyl groups excluding tert-OH is 1. The molecular weight excluding hydrogens is 204 g/mol. The Morgan fingerprint density at radius 2 is 2.00 bits per heavy atom. The van der Waals surface area contributed by atoms with Crippen molar-refractivity contribution in [3.8, 4) is 11.5 Å². The van der Waals surface area contributed by atoms with E-state index in [9.17, 15) is 0 Å². The van der Waals surface area contributed by atoms with Gasteiger partial charge in [0.15, 0.2) is 5.82 Å². The van der Waals surface area contributed by atoms with Crippen LogP contribution in [0.2, 0.25) is 0 Å². The molecule has 0 saturated carbocycles. The van der Waals surface area contributed by atoms with Crippen LogP contribution in [0, 0.1) is 13.8 Å². The molecular formula is C11H12N4O. The van der Waals surface area contributed by atoms with Gasteiger partial charge in [-0.25, -0.2) is 19.9 Å². The Bertz CT molecular complexity index is 513. The van der Waals surface area contributed by atoms with Crippen LogP contribution in [0.5, 0.6) is 0 Å². The molecule has 0 saturated heterocycles. The molecule has 0 aliphatic rings. The van der Waals surface area contributed by atoms with Crippen LogP contribution in [-0.2, 0) is 6.61 Å². The van der Waals surface area contributed by atoms with Crippen molar-refractivity contribution in [3.05, 3.63) is 35.5 Å². The Labute approximate surface area is 93.3 Å². The zero-order chi connectivity index (χ0) is 11.5. The molecule has 0 fully saturated rings. The van der Waals surface area contributed by atoms with Gasteiger partial charge >= 0.3 is 0 Å². The van der Waals surface area contributed by atoms with Crippen molar-refractivity contribution in [2.45, 2.75) is 20.5 Å². The largest absolute Gasteiger partial charge is 0.390 e. The van der Waals surface area contributed by atoms with Gasteiger partial charge in [-0.05, 0) is 26.0 Å². The quantitative estimate of drug-likeness (QED) is 0.812. The smallest absolute Gasteiger partial charge is 0.178 e. The highest BCUT2D eigenvalue weighted by Crippen LogP contribution is 2.12. The minimum atomic E-state index is -0.0968. The zero-order valence-corrected chi connectivity index (χ0v) is 9.18. The summed E-state index contributed by atoms with van der Waals surface area (Å²) in [6.07, 6.45) is 1.67. The van der Waals surface area contributed by atoms with Gasteiger partial charge in [0.1, 0.15) is 11.5 Å². The highest BCUT2D eigenvalue weighted by atomic mass is 16.3. The van der Waals surface area contributed by atoms with Crippen LogP contribution in [0.3, 0.4) is 0 Å². The van der Waals surface area contributed by atoms with E-state index >= 15 is 0 Å². The number of hydrogen-bond donors (Lipinski definition) is 1. The van der Waals surface area contributed by atoms with E-state index in [0.717, 1.165) is 5.69 Å². The van der Waals surface area contributed by atoms with E-state index in [4.69, 9.17) is 5.11 Å². The first-order valence-electron chi connectivity index (χ1n) is 4.94. The Morgan fingerprint density at radius 1 is 1.19 bits per heavy atom. The molecule has 2 heterocycles. The van der Waals surface area contributed by atoms with Crippen LogP contribution >= 0.6 is 0 Å². The average Bonchev–Trinajstić information content (AvgIpc) is 2.28. The molecule has 0 bridgehead atoms. The van der Waals surface area contributed by atoms with Gasteiger partial charge in [-0.15, -0.1) is 0 Å². The molecule has 0 aromatic carbocycles. The Morgan fingerprint density at radius 3 is 2.69 bits per heavy atom. The van der Waals surface area contributed by atoms with Crippen LogP contribution in [0.25, 0.3) is 11.5 Å². The molecule has 0 spiro atoms. The Hall–Kier alpha value is -1.88. The van der Waals surface area contributed by atoms with Crippen LogP contribution < -0.4 is 0 Å². The minimum Gasteiger partial charge on any atom is -0.390 e. The first-order chi connectivity index (χ1) is 7.69. The first kappa shape index (κ1) is 10.6. The second-order valence-corrected chi connectivity index (χ2v) is 3.47. The van der Waals surface area contributed by atoms with E-state index in [2.05, 4.69) is 19.9 Å². The molecule has 0 unspecified atom stereocenters. The molecule has 2 aromatic heterocycles. The lowest BCUT2D eigenvalue weighted by Crippen LogP contribution is -2.00. The first-order valence-corrected chi connectivity index (χ1v) is 4.94.